The van der Waals surface area contributed by atoms with E-state index in [1.165, 1.54) is 6.33 Å². The van der Waals surface area contributed by atoms with E-state index in [0.29, 0.717) is 28.9 Å². The lowest BCUT2D eigenvalue weighted by Gasteiger charge is -2.13. The Bertz CT molecular complexity index is 590. The number of hydrogen-bond acceptors (Lipinski definition) is 6. The molecule has 6 nitrogen and oxygen atoms in total. The summed E-state index contributed by atoms with van der Waals surface area (Å²) in [7, 11) is 3.17. The molecule has 2 rings (SSSR count). The van der Waals surface area contributed by atoms with Crippen LogP contribution in [-0.4, -0.2) is 30.7 Å². The first-order chi connectivity index (χ1) is 10.3. The molecule has 0 fully saturated rings. The van der Waals surface area contributed by atoms with Crippen LogP contribution < -0.4 is 19.5 Å². The molecule has 2 aromatic rings. The fraction of sp³-hybridized carbons (Fsp3) is 0.333. The maximum atomic E-state index is 5.77. The Hall–Kier alpha value is -2.50. The van der Waals surface area contributed by atoms with Crippen molar-refractivity contribution in [3.63, 3.8) is 0 Å². The summed E-state index contributed by atoms with van der Waals surface area (Å²) in [5.74, 6) is 2.79. The van der Waals surface area contributed by atoms with Gasteiger partial charge in [0.25, 0.3) is 5.88 Å². The molecule has 1 N–H and O–H groups in total. The van der Waals surface area contributed by atoms with Crippen molar-refractivity contribution in [1.29, 1.82) is 0 Å². The minimum atomic E-state index is 0.361. The molecule has 6 heteroatoms. The highest BCUT2D eigenvalue weighted by molar-refractivity contribution is 5.56. The van der Waals surface area contributed by atoms with Crippen LogP contribution in [0.15, 0.2) is 30.6 Å². The maximum absolute atomic E-state index is 5.77. The van der Waals surface area contributed by atoms with E-state index < -0.39 is 0 Å². The predicted molar refractivity (Wildman–Crippen MR) is 80.4 cm³/mol. The lowest BCUT2D eigenvalue weighted by Crippen LogP contribution is -2.05. The van der Waals surface area contributed by atoms with Gasteiger partial charge in [-0.2, -0.15) is 4.98 Å². The number of methoxy groups -OCH3 is 2. The van der Waals surface area contributed by atoms with Crippen LogP contribution >= 0.6 is 0 Å². The fourth-order valence-electron chi connectivity index (χ4n) is 1.76. The van der Waals surface area contributed by atoms with Gasteiger partial charge in [0, 0.05) is 12.6 Å². The summed E-state index contributed by atoms with van der Waals surface area (Å²) in [6.07, 6.45) is 2.43. The van der Waals surface area contributed by atoms with Crippen molar-refractivity contribution in [3.05, 3.63) is 30.6 Å². The van der Waals surface area contributed by atoms with E-state index in [4.69, 9.17) is 14.2 Å². The molecule has 0 unspecified atom stereocenters. The van der Waals surface area contributed by atoms with E-state index in [0.717, 1.165) is 13.0 Å². The molecule has 0 spiro atoms. The molecule has 0 aliphatic carbocycles. The Balaban J connectivity index is 2.26. The monoisotopic (exact) mass is 289 g/mol. The number of nitrogens with zero attached hydrogens (tertiary/aromatic N) is 2. The van der Waals surface area contributed by atoms with Gasteiger partial charge in [-0.05, 0) is 18.6 Å². The average molecular weight is 289 g/mol. The van der Waals surface area contributed by atoms with Crippen molar-refractivity contribution < 1.29 is 14.2 Å². The second-order valence-electron chi connectivity index (χ2n) is 4.27. The lowest BCUT2D eigenvalue weighted by atomic mass is 10.3. The first-order valence-electron chi connectivity index (χ1n) is 6.73. The molecule has 0 amide bonds. The van der Waals surface area contributed by atoms with Crippen LogP contribution in [0.3, 0.4) is 0 Å². The van der Waals surface area contributed by atoms with Crippen molar-refractivity contribution in [2.75, 3.05) is 26.1 Å². The highest BCUT2D eigenvalue weighted by Crippen LogP contribution is 2.34. The Morgan fingerprint density at radius 3 is 2.62 bits per heavy atom. The minimum absolute atomic E-state index is 0.361. The molecule has 0 radical (unpaired) electrons. The number of nitrogens with one attached hydrogen (secondary N) is 1. The topological polar surface area (TPSA) is 65.5 Å². The number of rotatable bonds is 7. The zero-order chi connectivity index (χ0) is 15.1. The number of benzene rings is 1. The Labute approximate surface area is 124 Å². The van der Waals surface area contributed by atoms with Gasteiger partial charge in [-0.3, -0.25) is 0 Å². The van der Waals surface area contributed by atoms with Gasteiger partial charge in [0.15, 0.2) is 5.82 Å². The molecule has 1 heterocycles. The van der Waals surface area contributed by atoms with Gasteiger partial charge in [0.1, 0.15) is 17.8 Å². The van der Waals surface area contributed by atoms with Crippen LogP contribution in [0.1, 0.15) is 13.3 Å². The first-order valence-corrected chi connectivity index (χ1v) is 6.73. The Kier molecular flexibility index (Phi) is 5.20. The molecule has 0 atom stereocenters. The summed E-state index contributed by atoms with van der Waals surface area (Å²) >= 11 is 0. The van der Waals surface area contributed by atoms with Gasteiger partial charge in [-0.25, -0.2) is 4.98 Å². The molecule has 1 aromatic carbocycles. The molecule has 0 saturated heterocycles. The molecular formula is C15H19N3O3. The summed E-state index contributed by atoms with van der Waals surface area (Å²) < 4.78 is 16.3. The van der Waals surface area contributed by atoms with E-state index in [2.05, 4.69) is 22.2 Å². The lowest BCUT2D eigenvalue weighted by molar-refractivity contribution is 0.366. The zero-order valence-electron chi connectivity index (χ0n) is 12.4. The van der Waals surface area contributed by atoms with Crippen molar-refractivity contribution in [2.24, 2.45) is 0 Å². The second-order valence-corrected chi connectivity index (χ2v) is 4.27. The quantitative estimate of drug-likeness (QED) is 0.845. The van der Waals surface area contributed by atoms with Crippen molar-refractivity contribution >= 4 is 5.82 Å². The number of hydrogen-bond donors (Lipinski definition) is 1. The van der Waals surface area contributed by atoms with Crippen molar-refractivity contribution in [2.45, 2.75) is 13.3 Å². The van der Waals surface area contributed by atoms with E-state index in [1.807, 2.05) is 18.2 Å². The van der Waals surface area contributed by atoms with Crippen LogP contribution in [0, 0.1) is 0 Å². The van der Waals surface area contributed by atoms with Gasteiger partial charge >= 0.3 is 0 Å². The Morgan fingerprint density at radius 2 is 1.90 bits per heavy atom. The molecule has 1 aromatic heterocycles. The van der Waals surface area contributed by atoms with Gasteiger partial charge < -0.3 is 19.5 Å². The molecule has 0 aliphatic rings. The van der Waals surface area contributed by atoms with Crippen LogP contribution in [0.5, 0.6) is 23.1 Å². The predicted octanol–water partition coefficient (Wildman–Crippen LogP) is 3.11. The average Bonchev–Trinajstić information content (AvgIpc) is 2.53. The standard InChI is InChI=1S/C15H19N3O3/c1-4-8-16-14-13(20-3)15(18-10-17-14)21-12-7-5-6-11(9-12)19-2/h5-7,9-10H,4,8H2,1-3H3,(H,16,17,18). The summed E-state index contributed by atoms with van der Waals surface area (Å²) in [5, 5.41) is 3.18. The van der Waals surface area contributed by atoms with Crippen molar-refractivity contribution in [3.8, 4) is 23.1 Å². The summed E-state index contributed by atoms with van der Waals surface area (Å²) in [6, 6.07) is 7.29. The first kappa shape index (κ1) is 14.9. The molecule has 21 heavy (non-hydrogen) atoms. The third-order valence-electron chi connectivity index (χ3n) is 2.77. The normalized spacial score (nSPS) is 10.0. The largest absolute Gasteiger partial charge is 0.497 e. The minimum Gasteiger partial charge on any atom is -0.497 e. The van der Waals surface area contributed by atoms with E-state index in [-0.39, 0.29) is 0 Å². The third kappa shape index (κ3) is 3.75. The molecule has 112 valence electrons. The molecule has 0 aliphatic heterocycles. The fourth-order valence-corrected chi connectivity index (χ4v) is 1.76. The van der Waals surface area contributed by atoms with Crippen LogP contribution in [0.2, 0.25) is 0 Å². The van der Waals surface area contributed by atoms with Gasteiger partial charge in [-0.15, -0.1) is 0 Å². The highest BCUT2D eigenvalue weighted by atomic mass is 16.5. The van der Waals surface area contributed by atoms with Crippen molar-refractivity contribution in [1.82, 2.24) is 9.97 Å². The number of aromatic nitrogens is 2. The van der Waals surface area contributed by atoms with Crippen LogP contribution in [0.25, 0.3) is 0 Å². The van der Waals surface area contributed by atoms with E-state index >= 15 is 0 Å². The van der Waals surface area contributed by atoms with Gasteiger partial charge in [0.05, 0.1) is 14.2 Å². The summed E-state index contributed by atoms with van der Waals surface area (Å²) in [6.45, 7) is 2.88. The third-order valence-corrected chi connectivity index (χ3v) is 2.77. The van der Waals surface area contributed by atoms with E-state index in [9.17, 15) is 0 Å². The van der Waals surface area contributed by atoms with Crippen LogP contribution in [-0.2, 0) is 0 Å². The van der Waals surface area contributed by atoms with Crippen LogP contribution in [0.4, 0.5) is 5.82 Å². The number of anilines is 1. The second kappa shape index (κ2) is 7.33. The SMILES string of the molecule is CCCNc1ncnc(Oc2cccc(OC)c2)c1OC. The smallest absolute Gasteiger partial charge is 0.268 e. The zero-order valence-corrected chi connectivity index (χ0v) is 12.4. The Morgan fingerprint density at radius 1 is 1.10 bits per heavy atom. The van der Waals surface area contributed by atoms with Gasteiger partial charge in [-0.1, -0.05) is 13.0 Å². The van der Waals surface area contributed by atoms with Gasteiger partial charge in [0.2, 0.25) is 5.75 Å². The summed E-state index contributed by atoms with van der Waals surface area (Å²) in [4.78, 5) is 8.30. The molecular weight excluding hydrogens is 270 g/mol. The number of ether oxygens (including phenoxy) is 3. The maximum Gasteiger partial charge on any atom is 0.268 e. The molecule has 0 saturated carbocycles. The summed E-state index contributed by atoms with van der Waals surface area (Å²) in [5.41, 5.74) is 0. The molecule has 0 bridgehead atoms. The van der Waals surface area contributed by atoms with E-state index in [1.54, 1.807) is 20.3 Å². The highest BCUT2D eigenvalue weighted by Gasteiger charge is 2.14.